The average Bonchev–Trinajstić information content (AvgIpc) is 2.42. The van der Waals surface area contributed by atoms with Gasteiger partial charge in [-0.05, 0) is 29.8 Å². The molecule has 1 aliphatic rings. The second-order valence-corrected chi connectivity index (χ2v) is 4.92. The molecule has 2 unspecified atom stereocenters. The zero-order chi connectivity index (χ0) is 13.4. The predicted octanol–water partition coefficient (Wildman–Crippen LogP) is 3.70. The topological polar surface area (TPSA) is 3.24 Å². The Labute approximate surface area is 111 Å². The average molecular weight is 259 g/mol. The highest BCUT2D eigenvalue weighted by atomic mass is 19.1. The van der Waals surface area contributed by atoms with Crippen molar-refractivity contribution in [2.75, 3.05) is 7.05 Å². The zero-order valence-corrected chi connectivity index (χ0v) is 10.7. The Bertz CT molecular complexity index is 583. The van der Waals surface area contributed by atoms with Gasteiger partial charge in [0.15, 0.2) is 6.30 Å². The summed E-state index contributed by atoms with van der Waals surface area (Å²) in [6, 6.07) is 14.4. The van der Waals surface area contributed by atoms with Gasteiger partial charge in [-0.3, -0.25) is 4.90 Å². The van der Waals surface area contributed by atoms with Crippen LogP contribution in [0.25, 0.3) is 0 Å². The Morgan fingerprint density at radius 2 is 1.79 bits per heavy atom. The summed E-state index contributed by atoms with van der Waals surface area (Å²) in [5, 5.41) is 0. The molecule has 0 fully saturated rings. The van der Waals surface area contributed by atoms with Gasteiger partial charge in [0.2, 0.25) is 0 Å². The third-order valence-corrected chi connectivity index (χ3v) is 3.79. The number of nitrogens with zero attached hydrogens (tertiary/aromatic N) is 1. The summed E-state index contributed by atoms with van der Waals surface area (Å²) in [5.41, 5.74) is 2.35. The molecular formula is C16H15F2N. The Morgan fingerprint density at radius 3 is 2.53 bits per heavy atom. The first kappa shape index (κ1) is 12.3. The minimum atomic E-state index is -1.16. The molecule has 0 saturated carbocycles. The van der Waals surface area contributed by atoms with E-state index in [9.17, 15) is 8.78 Å². The first-order valence-electron chi connectivity index (χ1n) is 6.36. The van der Waals surface area contributed by atoms with Crippen molar-refractivity contribution in [3.8, 4) is 0 Å². The van der Waals surface area contributed by atoms with Crippen LogP contribution in [0.3, 0.4) is 0 Å². The lowest BCUT2D eigenvalue weighted by Crippen LogP contribution is -2.39. The van der Waals surface area contributed by atoms with Gasteiger partial charge in [-0.15, -0.1) is 0 Å². The van der Waals surface area contributed by atoms with Gasteiger partial charge in [-0.2, -0.15) is 0 Å². The maximum absolute atomic E-state index is 14.1. The number of rotatable bonds is 1. The molecule has 0 spiro atoms. The van der Waals surface area contributed by atoms with Crippen molar-refractivity contribution >= 4 is 0 Å². The molecule has 0 bridgehead atoms. The largest absolute Gasteiger partial charge is 0.266 e. The number of hydrogen-bond donors (Lipinski definition) is 0. The molecule has 3 heteroatoms. The lowest BCUT2D eigenvalue weighted by Gasteiger charge is -2.37. The van der Waals surface area contributed by atoms with Gasteiger partial charge in [0, 0.05) is 6.42 Å². The third kappa shape index (κ3) is 2.04. The van der Waals surface area contributed by atoms with E-state index in [-0.39, 0.29) is 18.3 Å². The van der Waals surface area contributed by atoms with E-state index >= 15 is 0 Å². The van der Waals surface area contributed by atoms with Crippen molar-refractivity contribution < 1.29 is 8.78 Å². The molecule has 3 rings (SSSR count). The summed E-state index contributed by atoms with van der Waals surface area (Å²) < 4.78 is 28.0. The first-order chi connectivity index (χ1) is 9.18. The molecule has 0 saturated heterocycles. The van der Waals surface area contributed by atoms with E-state index in [0.29, 0.717) is 5.56 Å². The molecule has 0 N–H and O–H groups in total. The predicted molar refractivity (Wildman–Crippen MR) is 71.0 cm³/mol. The number of alkyl halides is 1. The van der Waals surface area contributed by atoms with Crippen molar-refractivity contribution in [2.45, 2.75) is 18.8 Å². The lowest BCUT2D eigenvalue weighted by atomic mass is 9.88. The van der Waals surface area contributed by atoms with Crippen LogP contribution in [0.2, 0.25) is 0 Å². The SMILES string of the molecule is CN1C(F)Cc2c(F)cccc2C1c1ccccc1. The van der Waals surface area contributed by atoms with Crippen LogP contribution in [0.5, 0.6) is 0 Å². The maximum atomic E-state index is 14.1. The molecule has 0 aliphatic carbocycles. The second-order valence-electron chi connectivity index (χ2n) is 4.92. The van der Waals surface area contributed by atoms with Crippen LogP contribution in [0.15, 0.2) is 48.5 Å². The lowest BCUT2D eigenvalue weighted by molar-refractivity contribution is 0.0684. The Morgan fingerprint density at radius 1 is 1.05 bits per heavy atom. The highest BCUT2D eigenvalue weighted by Gasteiger charge is 2.34. The number of hydrogen-bond acceptors (Lipinski definition) is 1. The summed E-state index contributed by atoms with van der Waals surface area (Å²) in [6.45, 7) is 0. The molecule has 1 heterocycles. The van der Waals surface area contributed by atoms with E-state index in [1.54, 1.807) is 18.0 Å². The summed E-state index contributed by atoms with van der Waals surface area (Å²) in [4.78, 5) is 1.66. The monoisotopic (exact) mass is 259 g/mol. The summed E-state index contributed by atoms with van der Waals surface area (Å²) in [7, 11) is 1.75. The van der Waals surface area contributed by atoms with Crippen LogP contribution in [0, 0.1) is 5.82 Å². The first-order valence-corrected chi connectivity index (χ1v) is 6.36. The quantitative estimate of drug-likeness (QED) is 0.706. The van der Waals surface area contributed by atoms with Crippen LogP contribution in [0.4, 0.5) is 8.78 Å². The van der Waals surface area contributed by atoms with Gasteiger partial charge >= 0.3 is 0 Å². The molecule has 2 aromatic rings. The molecule has 0 radical (unpaired) electrons. The minimum Gasteiger partial charge on any atom is -0.266 e. The van der Waals surface area contributed by atoms with Gasteiger partial charge in [-0.25, -0.2) is 8.78 Å². The molecular weight excluding hydrogens is 244 g/mol. The normalized spacial score (nSPS) is 23.1. The summed E-state index contributed by atoms with van der Waals surface area (Å²) in [6.07, 6.45) is -1.04. The van der Waals surface area contributed by atoms with E-state index in [4.69, 9.17) is 0 Å². The van der Waals surface area contributed by atoms with Gasteiger partial charge in [0.25, 0.3) is 0 Å². The number of halogens is 2. The zero-order valence-electron chi connectivity index (χ0n) is 10.7. The van der Waals surface area contributed by atoms with Crippen LogP contribution < -0.4 is 0 Å². The van der Waals surface area contributed by atoms with Crippen LogP contribution in [-0.4, -0.2) is 18.2 Å². The highest BCUT2D eigenvalue weighted by Crippen LogP contribution is 2.37. The molecule has 0 aromatic heterocycles. The van der Waals surface area contributed by atoms with Crippen molar-refractivity contribution in [3.63, 3.8) is 0 Å². The fourth-order valence-corrected chi connectivity index (χ4v) is 2.79. The maximum Gasteiger partial charge on any atom is 0.158 e. The summed E-state index contributed by atoms with van der Waals surface area (Å²) >= 11 is 0. The molecule has 0 amide bonds. The standard InChI is InChI=1S/C16H15F2N/c1-19-15(18)10-13-12(8-5-9-14(13)17)16(19)11-6-3-2-4-7-11/h2-9,15-16H,10H2,1H3. The highest BCUT2D eigenvalue weighted by molar-refractivity contribution is 5.40. The van der Waals surface area contributed by atoms with Crippen LogP contribution in [0.1, 0.15) is 22.7 Å². The molecule has 98 valence electrons. The minimum absolute atomic E-state index is 0.113. The van der Waals surface area contributed by atoms with E-state index < -0.39 is 6.30 Å². The van der Waals surface area contributed by atoms with Crippen molar-refractivity contribution in [2.24, 2.45) is 0 Å². The fraction of sp³-hybridized carbons (Fsp3) is 0.250. The Hall–Kier alpha value is -1.74. The molecule has 2 aromatic carbocycles. The van der Waals surface area contributed by atoms with E-state index in [1.165, 1.54) is 6.07 Å². The second kappa shape index (κ2) is 4.74. The van der Waals surface area contributed by atoms with Gasteiger partial charge in [0.1, 0.15) is 5.82 Å². The van der Waals surface area contributed by atoms with Crippen LogP contribution >= 0.6 is 0 Å². The van der Waals surface area contributed by atoms with Crippen molar-refractivity contribution in [1.82, 2.24) is 4.90 Å². The molecule has 1 nitrogen and oxygen atoms in total. The Balaban J connectivity index is 2.16. The smallest absolute Gasteiger partial charge is 0.158 e. The number of benzene rings is 2. The van der Waals surface area contributed by atoms with Crippen LogP contribution in [-0.2, 0) is 6.42 Å². The van der Waals surface area contributed by atoms with E-state index in [0.717, 1.165) is 11.1 Å². The van der Waals surface area contributed by atoms with Crippen molar-refractivity contribution in [3.05, 3.63) is 71.0 Å². The molecule has 19 heavy (non-hydrogen) atoms. The van der Waals surface area contributed by atoms with E-state index in [1.807, 2.05) is 36.4 Å². The van der Waals surface area contributed by atoms with E-state index in [2.05, 4.69) is 0 Å². The number of fused-ring (bicyclic) bond motifs is 1. The molecule has 1 aliphatic heterocycles. The third-order valence-electron chi connectivity index (χ3n) is 3.79. The van der Waals surface area contributed by atoms with Crippen molar-refractivity contribution in [1.29, 1.82) is 0 Å². The van der Waals surface area contributed by atoms with Gasteiger partial charge < -0.3 is 0 Å². The summed E-state index contributed by atoms with van der Waals surface area (Å²) in [5.74, 6) is -0.311. The Kier molecular flexibility index (Phi) is 3.07. The molecule has 2 atom stereocenters. The fourth-order valence-electron chi connectivity index (χ4n) is 2.79. The van der Waals surface area contributed by atoms with Gasteiger partial charge in [-0.1, -0.05) is 42.5 Å². The number of likely N-dealkylation sites (N-methyl/N-ethyl adjacent to an activating group) is 1. The van der Waals surface area contributed by atoms with Gasteiger partial charge in [0.05, 0.1) is 6.04 Å².